The van der Waals surface area contributed by atoms with Crippen molar-refractivity contribution < 1.29 is 27.8 Å². The van der Waals surface area contributed by atoms with Crippen molar-refractivity contribution in [2.24, 2.45) is 0 Å². The second kappa shape index (κ2) is 4.39. The summed E-state index contributed by atoms with van der Waals surface area (Å²) >= 11 is 5.36. The first-order valence-electron chi connectivity index (χ1n) is 3.59. The van der Waals surface area contributed by atoms with Gasteiger partial charge >= 0.3 is 12.6 Å². The predicted molar refractivity (Wildman–Crippen MR) is 45.0 cm³/mol. The average molecular weight is 241 g/mol. The van der Waals surface area contributed by atoms with Crippen molar-refractivity contribution in [3.63, 3.8) is 0 Å². The molecule has 0 atom stereocenters. The van der Waals surface area contributed by atoms with Gasteiger partial charge in [-0.25, -0.2) is 9.18 Å². The SMILES string of the molecule is O=C(O)c1cc(OC(F)F)c(Cl)cc1F. The summed E-state index contributed by atoms with van der Waals surface area (Å²) < 4.78 is 40.4. The van der Waals surface area contributed by atoms with Crippen LogP contribution in [0.5, 0.6) is 5.75 Å². The van der Waals surface area contributed by atoms with Crippen LogP contribution in [-0.2, 0) is 0 Å². The zero-order valence-electron chi connectivity index (χ0n) is 7.01. The van der Waals surface area contributed by atoms with E-state index < -0.39 is 34.7 Å². The monoisotopic (exact) mass is 240 g/mol. The van der Waals surface area contributed by atoms with Crippen molar-refractivity contribution in [3.05, 3.63) is 28.5 Å². The Morgan fingerprint density at radius 3 is 2.53 bits per heavy atom. The standard InChI is InChI=1S/C8H4ClF3O3/c9-4-2-5(10)3(7(13)14)1-6(4)15-8(11)12/h1-2,8H,(H,13,14). The quantitative estimate of drug-likeness (QED) is 0.884. The van der Waals surface area contributed by atoms with E-state index in [1.54, 1.807) is 0 Å². The highest BCUT2D eigenvalue weighted by molar-refractivity contribution is 6.32. The normalized spacial score (nSPS) is 10.5. The largest absolute Gasteiger partial charge is 0.478 e. The fraction of sp³-hybridized carbons (Fsp3) is 0.125. The number of aromatic carboxylic acids is 1. The molecule has 1 aromatic rings. The van der Waals surface area contributed by atoms with Crippen molar-refractivity contribution in [2.45, 2.75) is 6.61 Å². The molecule has 15 heavy (non-hydrogen) atoms. The Morgan fingerprint density at radius 2 is 2.07 bits per heavy atom. The van der Waals surface area contributed by atoms with Crippen LogP contribution in [0.2, 0.25) is 5.02 Å². The number of alkyl halides is 2. The smallest absolute Gasteiger partial charge is 0.387 e. The van der Waals surface area contributed by atoms with E-state index in [-0.39, 0.29) is 0 Å². The van der Waals surface area contributed by atoms with Gasteiger partial charge in [-0.2, -0.15) is 8.78 Å². The van der Waals surface area contributed by atoms with E-state index in [0.717, 1.165) is 0 Å². The molecule has 0 saturated carbocycles. The number of carbonyl (C=O) groups is 1. The third-order valence-electron chi connectivity index (χ3n) is 1.47. The minimum absolute atomic E-state index is 0.419. The van der Waals surface area contributed by atoms with Gasteiger partial charge in [0, 0.05) is 0 Å². The highest BCUT2D eigenvalue weighted by Gasteiger charge is 2.17. The predicted octanol–water partition coefficient (Wildman–Crippen LogP) is 2.78. The van der Waals surface area contributed by atoms with E-state index in [2.05, 4.69) is 4.74 Å². The lowest BCUT2D eigenvalue weighted by atomic mass is 10.2. The molecule has 0 amide bonds. The molecule has 0 saturated heterocycles. The van der Waals surface area contributed by atoms with Crippen LogP contribution in [0.4, 0.5) is 13.2 Å². The number of rotatable bonds is 3. The van der Waals surface area contributed by atoms with E-state index in [9.17, 15) is 18.0 Å². The molecule has 0 bridgehead atoms. The van der Waals surface area contributed by atoms with Gasteiger partial charge in [0.2, 0.25) is 0 Å². The molecule has 0 aromatic heterocycles. The minimum Gasteiger partial charge on any atom is -0.478 e. The van der Waals surface area contributed by atoms with Crippen molar-refractivity contribution in [1.29, 1.82) is 0 Å². The first-order valence-corrected chi connectivity index (χ1v) is 3.96. The van der Waals surface area contributed by atoms with Gasteiger partial charge in [0.1, 0.15) is 11.6 Å². The molecule has 82 valence electrons. The molecule has 0 spiro atoms. The average Bonchev–Trinajstić information content (AvgIpc) is 2.08. The molecule has 0 unspecified atom stereocenters. The Kier molecular flexibility index (Phi) is 3.41. The first-order chi connectivity index (χ1) is 6.91. The molecule has 7 heteroatoms. The summed E-state index contributed by atoms with van der Waals surface area (Å²) in [7, 11) is 0. The van der Waals surface area contributed by atoms with Crippen molar-refractivity contribution >= 4 is 17.6 Å². The van der Waals surface area contributed by atoms with Gasteiger partial charge in [0.15, 0.2) is 0 Å². The van der Waals surface area contributed by atoms with Crippen LogP contribution in [0.1, 0.15) is 10.4 Å². The van der Waals surface area contributed by atoms with Crippen LogP contribution in [0, 0.1) is 5.82 Å². The summed E-state index contributed by atoms with van der Waals surface area (Å²) in [6.45, 7) is -3.16. The number of benzene rings is 1. The van der Waals surface area contributed by atoms with E-state index in [1.807, 2.05) is 0 Å². The van der Waals surface area contributed by atoms with Crippen molar-refractivity contribution in [1.82, 2.24) is 0 Å². The summed E-state index contributed by atoms with van der Waals surface area (Å²) in [5.74, 6) is -3.29. The van der Waals surface area contributed by atoms with Crippen LogP contribution in [-0.4, -0.2) is 17.7 Å². The summed E-state index contributed by atoms with van der Waals surface area (Å²) in [6.07, 6.45) is 0. The number of carboxylic acids is 1. The number of carboxylic acid groups (broad SMARTS) is 1. The lowest BCUT2D eigenvalue weighted by Crippen LogP contribution is -2.06. The molecule has 1 N–H and O–H groups in total. The number of halogens is 4. The van der Waals surface area contributed by atoms with Gasteiger partial charge in [-0.05, 0) is 12.1 Å². The zero-order valence-corrected chi connectivity index (χ0v) is 7.76. The van der Waals surface area contributed by atoms with Crippen molar-refractivity contribution in [2.75, 3.05) is 0 Å². The molecule has 0 aliphatic rings. The molecule has 0 aliphatic heterocycles. The number of ether oxygens (including phenoxy) is 1. The minimum atomic E-state index is -3.16. The number of hydrogen-bond donors (Lipinski definition) is 1. The second-order valence-corrected chi connectivity index (χ2v) is 2.85. The Bertz CT molecular complexity index is 395. The lowest BCUT2D eigenvalue weighted by molar-refractivity contribution is -0.0499. The molecule has 0 radical (unpaired) electrons. The van der Waals surface area contributed by atoms with Crippen LogP contribution in [0.3, 0.4) is 0 Å². The Hall–Kier alpha value is -1.43. The fourth-order valence-corrected chi connectivity index (χ4v) is 1.07. The Labute approximate surface area is 87.0 Å². The van der Waals surface area contributed by atoms with Gasteiger partial charge in [-0.3, -0.25) is 0 Å². The number of hydrogen-bond acceptors (Lipinski definition) is 2. The maximum absolute atomic E-state index is 12.9. The highest BCUT2D eigenvalue weighted by atomic mass is 35.5. The van der Waals surface area contributed by atoms with E-state index in [4.69, 9.17) is 16.7 Å². The third kappa shape index (κ3) is 2.76. The summed E-state index contributed by atoms with van der Waals surface area (Å²) in [4.78, 5) is 10.4. The molecule has 0 fully saturated rings. The van der Waals surface area contributed by atoms with Gasteiger partial charge in [-0.1, -0.05) is 11.6 Å². The van der Waals surface area contributed by atoms with Gasteiger partial charge in [-0.15, -0.1) is 0 Å². The molecule has 1 rings (SSSR count). The zero-order chi connectivity index (χ0) is 11.6. The van der Waals surface area contributed by atoms with Crippen molar-refractivity contribution in [3.8, 4) is 5.75 Å². The fourth-order valence-electron chi connectivity index (χ4n) is 0.879. The molecule has 0 aliphatic carbocycles. The summed E-state index contributed by atoms with van der Waals surface area (Å²) in [5, 5.41) is 8.07. The van der Waals surface area contributed by atoms with Crippen LogP contribution in [0.25, 0.3) is 0 Å². The Balaban J connectivity index is 3.17. The van der Waals surface area contributed by atoms with E-state index in [1.165, 1.54) is 0 Å². The van der Waals surface area contributed by atoms with Gasteiger partial charge in [0.05, 0.1) is 10.6 Å². The lowest BCUT2D eigenvalue weighted by Gasteiger charge is -2.07. The van der Waals surface area contributed by atoms with Gasteiger partial charge < -0.3 is 9.84 Å². The summed E-state index contributed by atoms with van der Waals surface area (Å²) in [6, 6.07) is 1.20. The maximum Gasteiger partial charge on any atom is 0.387 e. The highest BCUT2D eigenvalue weighted by Crippen LogP contribution is 2.29. The molecule has 3 nitrogen and oxygen atoms in total. The van der Waals surface area contributed by atoms with Crippen LogP contribution >= 0.6 is 11.6 Å². The van der Waals surface area contributed by atoms with Gasteiger partial charge in [0.25, 0.3) is 0 Å². The van der Waals surface area contributed by atoms with E-state index in [0.29, 0.717) is 12.1 Å². The van der Waals surface area contributed by atoms with Crippen LogP contribution in [0.15, 0.2) is 12.1 Å². The second-order valence-electron chi connectivity index (χ2n) is 2.45. The first kappa shape index (κ1) is 11.6. The van der Waals surface area contributed by atoms with E-state index >= 15 is 0 Å². The molecule has 0 heterocycles. The maximum atomic E-state index is 12.9. The third-order valence-corrected chi connectivity index (χ3v) is 1.76. The Morgan fingerprint density at radius 1 is 1.47 bits per heavy atom. The van der Waals surface area contributed by atoms with Crippen LogP contribution < -0.4 is 4.74 Å². The topological polar surface area (TPSA) is 46.5 Å². The molecular formula is C8H4ClF3O3. The molecule has 1 aromatic carbocycles. The molecular weight excluding hydrogens is 237 g/mol. The summed E-state index contributed by atoms with van der Waals surface area (Å²) in [5.41, 5.74) is -0.782.